The Morgan fingerprint density at radius 2 is 1.87 bits per heavy atom. The highest BCUT2D eigenvalue weighted by atomic mass is 32.2. The molecule has 1 aromatic heterocycles. The van der Waals surface area contributed by atoms with Crippen LogP contribution < -0.4 is 10.1 Å². The zero-order chi connectivity index (χ0) is 21.7. The van der Waals surface area contributed by atoms with Crippen LogP contribution in [0.5, 0.6) is 5.75 Å². The van der Waals surface area contributed by atoms with Gasteiger partial charge in [-0.25, -0.2) is 4.98 Å². The van der Waals surface area contributed by atoms with E-state index in [0.29, 0.717) is 10.6 Å². The number of anilines is 1. The van der Waals surface area contributed by atoms with Gasteiger partial charge in [0.2, 0.25) is 5.91 Å². The predicted molar refractivity (Wildman–Crippen MR) is 121 cm³/mol. The van der Waals surface area contributed by atoms with Gasteiger partial charge in [-0.1, -0.05) is 29.5 Å². The van der Waals surface area contributed by atoms with Crippen molar-refractivity contribution in [2.24, 2.45) is 0 Å². The Kier molecular flexibility index (Phi) is 6.76. The summed E-state index contributed by atoms with van der Waals surface area (Å²) in [5, 5.41) is 12.6. The molecule has 5 nitrogen and oxygen atoms in total. The lowest BCUT2D eigenvalue weighted by Crippen LogP contribution is -2.23. The predicted octanol–water partition coefficient (Wildman–Crippen LogP) is 5.37. The molecular formula is C24H23N3O2S. The summed E-state index contributed by atoms with van der Waals surface area (Å²) in [4.78, 5) is 17.4. The van der Waals surface area contributed by atoms with E-state index in [1.165, 1.54) is 11.8 Å². The third-order valence-electron chi connectivity index (χ3n) is 4.66. The van der Waals surface area contributed by atoms with Crippen molar-refractivity contribution >= 4 is 23.4 Å². The molecule has 0 aliphatic rings. The number of amides is 1. The minimum Gasteiger partial charge on any atom is -0.497 e. The Morgan fingerprint density at radius 3 is 2.50 bits per heavy atom. The maximum atomic E-state index is 12.7. The zero-order valence-corrected chi connectivity index (χ0v) is 18.2. The molecule has 0 saturated heterocycles. The number of hydrogen-bond acceptors (Lipinski definition) is 5. The first-order chi connectivity index (χ1) is 14.4. The number of pyridine rings is 1. The molecule has 1 heterocycles. The fourth-order valence-corrected chi connectivity index (χ4v) is 3.84. The van der Waals surface area contributed by atoms with Crippen molar-refractivity contribution in [3.63, 3.8) is 0 Å². The average Bonchev–Trinajstić information content (AvgIpc) is 2.75. The van der Waals surface area contributed by atoms with Gasteiger partial charge < -0.3 is 10.1 Å². The number of ether oxygens (including phenoxy) is 1. The quantitative estimate of drug-likeness (QED) is 0.546. The SMILES string of the molecule is COc1ccc(-c2ccc(C#N)c(SC(C)C(=O)Nc3ccc(C)cc3C)n2)cc1. The van der Waals surface area contributed by atoms with Gasteiger partial charge in [0, 0.05) is 11.3 Å². The van der Waals surface area contributed by atoms with Crippen molar-refractivity contribution in [3.8, 4) is 23.1 Å². The summed E-state index contributed by atoms with van der Waals surface area (Å²) in [7, 11) is 1.62. The molecule has 1 amide bonds. The maximum absolute atomic E-state index is 12.7. The van der Waals surface area contributed by atoms with Crippen LogP contribution in [0, 0.1) is 25.2 Å². The van der Waals surface area contributed by atoms with Gasteiger partial charge in [0.25, 0.3) is 0 Å². The summed E-state index contributed by atoms with van der Waals surface area (Å²) >= 11 is 1.28. The summed E-state index contributed by atoms with van der Waals surface area (Å²) in [6, 6.07) is 19.2. The van der Waals surface area contributed by atoms with Gasteiger partial charge in [0.05, 0.1) is 23.6 Å². The van der Waals surface area contributed by atoms with Gasteiger partial charge in [-0.3, -0.25) is 4.79 Å². The second-order valence-electron chi connectivity index (χ2n) is 6.96. The molecule has 3 rings (SSSR count). The molecule has 0 aliphatic carbocycles. The topological polar surface area (TPSA) is 75.0 Å². The van der Waals surface area contributed by atoms with E-state index < -0.39 is 5.25 Å². The highest BCUT2D eigenvalue weighted by molar-refractivity contribution is 8.00. The van der Waals surface area contributed by atoms with E-state index in [1.54, 1.807) is 13.2 Å². The Morgan fingerprint density at radius 1 is 1.13 bits per heavy atom. The van der Waals surface area contributed by atoms with E-state index in [2.05, 4.69) is 16.4 Å². The Hall–Kier alpha value is -3.30. The molecule has 0 saturated carbocycles. The van der Waals surface area contributed by atoms with E-state index >= 15 is 0 Å². The molecule has 30 heavy (non-hydrogen) atoms. The molecular weight excluding hydrogens is 394 g/mol. The molecule has 1 N–H and O–H groups in total. The fraction of sp³-hybridized carbons (Fsp3) is 0.208. The number of carbonyl (C=O) groups excluding carboxylic acids is 1. The average molecular weight is 418 g/mol. The fourth-order valence-electron chi connectivity index (χ4n) is 2.95. The largest absolute Gasteiger partial charge is 0.497 e. The molecule has 152 valence electrons. The first-order valence-corrected chi connectivity index (χ1v) is 10.4. The number of aryl methyl sites for hydroxylation is 2. The highest BCUT2D eigenvalue weighted by Gasteiger charge is 2.19. The van der Waals surface area contributed by atoms with Gasteiger partial charge in [0.1, 0.15) is 16.8 Å². The number of hydrogen-bond donors (Lipinski definition) is 1. The highest BCUT2D eigenvalue weighted by Crippen LogP contribution is 2.29. The minimum atomic E-state index is -0.420. The molecule has 0 spiro atoms. The molecule has 3 aromatic rings. The number of carbonyl (C=O) groups is 1. The van der Waals surface area contributed by atoms with Crippen LogP contribution in [0.1, 0.15) is 23.6 Å². The molecule has 6 heteroatoms. The summed E-state index contributed by atoms with van der Waals surface area (Å²) in [5.74, 6) is 0.631. The normalized spacial score (nSPS) is 11.4. The maximum Gasteiger partial charge on any atom is 0.237 e. The van der Waals surface area contributed by atoms with Crippen LogP contribution in [0.15, 0.2) is 59.6 Å². The first kappa shape index (κ1) is 21.4. The van der Waals surface area contributed by atoms with E-state index in [0.717, 1.165) is 33.8 Å². The van der Waals surface area contributed by atoms with Gasteiger partial charge in [-0.15, -0.1) is 0 Å². The second-order valence-corrected chi connectivity index (χ2v) is 8.29. The smallest absolute Gasteiger partial charge is 0.237 e. The Labute approximate surface area is 181 Å². The molecule has 1 unspecified atom stereocenters. The number of thioether (sulfide) groups is 1. The van der Waals surface area contributed by atoms with Gasteiger partial charge in [-0.2, -0.15) is 5.26 Å². The van der Waals surface area contributed by atoms with Crippen LogP contribution in [0.25, 0.3) is 11.3 Å². The van der Waals surface area contributed by atoms with Gasteiger partial charge in [-0.05, 0) is 68.8 Å². The van der Waals surface area contributed by atoms with Crippen molar-refractivity contribution < 1.29 is 9.53 Å². The molecule has 1 atom stereocenters. The lowest BCUT2D eigenvalue weighted by atomic mass is 10.1. The number of nitrogens with zero attached hydrogens (tertiary/aromatic N) is 2. The number of nitriles is 1. The van der Waals surface area contributed by atoms with Gasteiger partial charge in [0.15, 0.2) is 0 Å². The van der Waals surface area contributed by atoms with Crippen molar-refractivity contribution in [1.82, 2.24) is 4.98 Å². The molecule has 0 aliphatic heterocycles. The van der Waals surface area contributed by atoms with Crippen LogP contribution in [0.4, 0.5) is 5.69 Å². The molecule has 0 fully saturated rings. The van der Waals surface area contributed by atoms with E-state index in [-0.39, 0.29) is 5.91 Å². The number of rotatable bonds is 6. The van der Waals surface area contributed by atoms with Crippen molar-refractivity contribution in [2.45, 2.75) is 31.0 Å². The third-order valence-corrected chi connectivity index (χ3v) is 5.77. The monoisotopic (exact) mass is 417 g/mol. The lowest BCUT2D eigenvalue weighted by molar-refractivity contribution is -0.115. The third kappa shape index (κ3) is 5.00. The van der Waals surface area contributed by atoms with Crippen LogP contribution >= 0.6 is 11.8 Å². The van der Waals surface area contributed by atoms with Crippen molar-refractivity contribution in [1.29, 1.82) is 5.26 Å². The number of aromatic nitrogens is 1. The lowest BCUT2D eigenvalue weighted by Gasteiger charge is -2.15. The number of benzene rings is 2. The van der Waals surface area contributed by atoms with Crippen LogP contribution in [0.3, 0.4) is 0 Å². The van der Waals surface area contributed by atoms with Crippen molar-refractivity contribution in [3.05, 3.63) is 71.3 Å². The number of nitrogens with one attached hydrogen (secondary N) is 1. The van der Waals surface area contributed by atoms with Crippen LogP contribution in [-0.2, 0) is 4.79 Å². The standard InChI is InChI=1S/C24H23N3O2S/c1-15-5-11-21(16(2)13-15)26-23(28)17(3)30-24-19(14-25)8-12-22(27-24)18-6-9-20(29-4)10-7-18/h5-13,17H,1-4H3,(H,26,28). The van der Waals surface area contributed by atoms with E-state index in [4.69, 9.17) is 4.74 Å². The van der Waals surface area contributed by atoms with E-state index in [9.17, 15) is 10.1 Å². The first-order valence-electron chi connectivity index (χ1n) is 9.51. The molecule has 0 radical (unpaired) electrons. The number of methoxy groups -OCH3 is 1. The van der Waals surface area contributed by atoms with E-state index in [1.807, 2.05) is 69.3 Å². The minimum absolute atomic E-state index is 0.132. The summed E-state index contributed by atoms with van der Waals surface area (Å²) < 4.78 is 5.20. The summed E-state index contributed by atoms with van der Waals surface area (Å²) in [6.07, 6.45) is 0. The Balaban J connectivity index is 1.80. The zero-order valence-electron chi connectivity index (χ0n) is 17.4. The second kappa shape index (κ2) is 9.47. The van der Waals surface area contributed by atoms with Crippen LogP contribution in [-0.4, -0.2) is 23.3 Å². The summed E-state index contributed by atoms with van der Waals surface area (Å²) in [6.45, 7) is 5.79. The summed E-state index contributed by atoms with van der Waals surface area (Å²) in [5.41, 5.74) is 5.04. The van der Waals surface area contributed by atoms with Crippen LogP contribution in [0.2, 0.25) is 0 Å². The Bertz CT molecular complexity index is 1100. The van der Waals surface area contributed by atoms with Gasteiger partial charge >= 0.3 is 0 Å². The molecule has 2 aromatic carbocycles. The molecule has 0 bridgehead atoms. The van der Waals surface area contributed by atoms with Crippen molar-refractivity contribution in [2.75, 3.05) is 12.4 Å².